The molecule has 0 bridgehead atoms. The van der Waals surface area contributed by atoms with Crippen molar-refractivity contribution in [3.63, 3.8) is 0 Å². The molecule has 0 aromatic heterocycles. The number of nitro groups is 1. The first-order valence-corrected chi connectivity index (χ1v) is 4.52. The summed E-state index contributed by atoms with van der Waals surface area (Å²) in [6.45, 7) is 1.45. The molecule has 1 aromatic rings. The number of halogens is 1. The second-order valence-electron chi connectivity index (χ2n) is 3.43. The highest BCUT2D eigenvalue weighted by molar-refractivity contribution is 5.74. The van der Waals surface area contributed by atoms with Crippen molar-refractivity contribution < 1.29 is 9.31 Å². The van der Waals surface area contributed by atoms with Crippen LogP contribution in [-0.4, -0.2) is 25.1 Å². The Hall–Kier alpha value is -1.85. The second-order valence-corrected chi connectivity index (χ2v) is 3.43. The van der Waals surface area contributed by atoms with Crippen LogP contribution in [0.25, 0.3) is 0 Å². The van der Waals surface area contributed by atoms with Crippen LogP contribution in [0.5, 0.6) is 0 Å². The first-order chi connectivity index (χ1) is 7.09. The second kappa shape index (κ2) is 3.38. The van der Waals surface area contributed by atoms with Crippen molar-refractivity contribution in [2.75, 3.05) is 30.4 Å². The van der Waals surface area contributed by atoms with Gasteiger partial charge in [0.1, 0.15) is 0 Å². The van der Waals surface area contributed by atoms with Crippen molar-refractivity contribution in [2.24, 2.45) is 0 Å². The molecule has 1 N–H and O–H groups in total. The molecule has 0 spiro atoms. The van der Waals surface area contributed by atoms with E-state index in [1.54, 1.807) is 0 Å². The summed E-state index contributed by atoms with van der Waals surface area (Å²) in [5.41, 5.74) is 0.776. The molecule has 5 nitrogen and oxygen atoms in total. The molecule has 0 aliphatic carbocycles. The third kappa shape index (κ3) is 1.58. The van der Waals surface area contributed by atoms with Gasteiger partial charge in [-0.15, -0.1) is 0 Å². The number of likely N-dealkylation sites (N-methyl/N-ethyl adjacent to an activating group) is 1. The van der Waals surface area contributed by atoms with Crippen molar-refractivity contribution in [2.45, 2.75) is 0 Å². The van der Waals surface area contributed by atoms with Gasteiger partial charge in [0, 0.05) is 32.3 Å². The summed E-state index contributed by atoms with van der Waals surface area (Å²) in [5, 5.41) is 13.5. The number of nitrogens with zero attached hydrogens (tertiary/aromatic N) is 2. The SMILES string of the molecule is CN1CCNc2cc([N+](=O)[O-])c(F)cc21. The van der Waals surface area contributed by atoms with Gasteiger partial charge in [-0.3, -0.25) is 10.1 Å². The molecule has 2 rings (SSSR count). The van der Waals surface area contributed by atoms with E-state index in [0.717, 1.165) is 6.54 Å². The topological polar surface area (TPSA) is 58.4 Å². The fourth-order valence-corrected chi connectivity index (χ4v) is 1.63. The van der Waals surface area contributed by atoms with E-state index in [2.05, 4.69) is 5.32 Å². The number of nitro benzene ring substituents is 1. The van der Waals surface area contributed by atoms with Crippen LogP contribution >= 0.6 is 0 Å². The normalized spacial score (nSPS) is 14.4. The lowest BCUT2D eigenvalue weighted by molar-refractivity contribution is -0.387. The molecule has 0 fully saturated rings. The van der Waals surface area contributed by atoms with Crippen molar-refractivity contribution in [1.29, 1.82) is 0 Å². The van der Waals surface area contributed by atoms with Crippen LogP contribution in [-0.2, 0) is 0 Å². The molecule has 0 saturated carbocycles. The van der Waals surface area contributed by atoms with Crippen LogP contribution in [0.4, 0.5) is 21.5 Å². The number of benzene rings is 1. The van der Waals surface area contributed by atoms with E-state index in [0.29, 0.717) is 17.9 Å². The summed E-state index contributed by atoms with van der Waals surface area (Å²) in [4.78, 5) is 11.7. The van der Waals surface area contributed by atoms with Crippen molar-refractivity contribution in [1.82, 2.24) is 0 Å². The van der Waals surface area contributed by atoms with Crippen molar-refractivity contribution in [3.8, 4) is 0 Å². The molecule has 1 aromatic carbocycles. The molecule has 0 saturated heterocycles. The van der Waals surface area contributed by atoms with Crippen molar-refractivity contribution in [3.05, 3.63) is 28.1 Å². The van der Waals surface area contributed by atoms with Gasteiger partial charge in [0.25, 0.3) is 0 Å². The molecular formula is C9H10FN3O2. The molecular weight excluding hydrogens is 201 g/mol. The Bertz CT molecular complexity index is 422. The van der Waals surface area contributed by atoms with E-state index >= 15 is 0 Å². The fraction of sp³-hybridized carbons (Fsp3) is 0.333. The zero-order valence-electron chi connectivity index (χ0n) is 8.16. The minimum atomic E-state index is -0.797. The van der Waals surface area contributed by atoms with Gasteiger partial charge in [-0.25, -0.2) is 0 Å². The van der Waals surface area contributed by atoms with E-state index in [1.807, 2.05) is 11.9 Å². The monoisotopic (exact) mass is 211 g/mol. The van der Waals surface area contributed by atoms with Crippen LogP contribution in [0.3, 0.4) is 0 Å². The van der Waals surface area contributed by atoms with Gasteiger partial charge in [-0.2, -0.15) is 4.39 Å². The summed E-state index contributed by atoms with van der Waals surface area (Å²) in [6.07, 6.45) is 0. The molecule has 0 unspecified atom stereocenters. The van der Waals surface area contributed by atoms with E-state index in [-0.39, 0.29) is 0 Å². The van der Waals surface area contributed by atoms with Gasteiger partial charge in [0.2, 0.25) is 5.82 Å². The molecule has 1 aliphatic heterocycles. The van der Waals surface area contributed by atoms with Gasteiger partial charge < -0.3 is 10.2 Å². The largest absolute Gasteiger partial charge is 0.381 e. The van der Waals surface area contributed by atoms with Gasteiger partial charge in [0.05, 0.1) is 16.3 Å². The first kappa shape index (κ1) is 9.70. The quantitative estimate of drug-likeness (QED) is 0.566. The number of hydrogen-bond donors (Lipinski definition) is 1. The third-order valence-corrected chi connectivity index (χ3v) is 2.44. The Morgan fingerprint density at radius 1 is 1.60 bits per heavy atom. The van der Waals surface area contributed by atoms with Crippen LogP contribution in [0.2, 0.25) is 0 Å². The maximum absolute atomic E-state index is 13.3. The molecule has 80 valence electrons. The minimum absolute atomic E-state index is 0.489. The number of rotatable bonds is 1. The molecule has 0 amide bonds. The highest BCUT2D eigenvalue weighted by Gasteiger charge is 2.21. The molecule has 0 atom stereocenters. The molecule has 1 heterocycles. The Kier molecular flexibility index (Phi) is 2.18. The van der Waals surface area contributed by atoms with Crippen LogP contribution in [0.1, 0.15) is 0 Å². The zero-order valence-corrected chi connectivity index (χ0v) is 8.16. The maximum Gasteiger partial charge on any atom is 0.307 e. The Balaban J connectivity index is 2.54. The lowest BCUT2D eigenvalue weighted by atomic mass is 10.2. The number of hydrogen-bond acceptors (Lipinski definition) is 4. The average Bonchev–Trinajstić information content (AvgIpc) is 2.18. The number of nitrogens with one attached hydrogen (secondary N) is 1. The van der Waals surface area contributed by atoms with E-state index in [4.69, 9.17) is 0 Å². The highest BCUT2D eigenvalue weighted by Crippen LogP contribution is 2.33. The molecule has 15 heavy (non-hydrogen) atoms. The van der Waals surface area contributed by atoms with Crippen molar-refractivity contribution >= 4 is 17.1 Å². The predicted molar refractivity (Wildman–Crippen MR) is 54.8 cm³/mol. The zero-order chi connectivity index (χ0) is 11.0. The summed E-state index contributed by atoms with van der Waals surface area (Å²) in [7, 11) is 1.82. The average molecular weight is 211 g/mol. The summed E-state index contributed by atoms with van der Waals surface area (Å²) >= 11 is 0. The number of anilines is 2. The summed E-state index contributed by atoms with van der Waals surface area (Å²) in [5.74, 6) is -0.797. The van der Waals surface area contributed by atoms with Gasteiger partial charge in [0.15, 0.2) is 0 Å². The smallest absolute Gasteiger partial charge is 0.307 e. The van der Waals surface area contributed by atoms with Crippen LogP contribution < -0.4 is 10.2 Å². The van der Waals surface area contributed by atoms with Gasteiger partial charge >= 0.3 is 5.69 Å². The van der Waals surface area contributed by atoms with Crippen LogP contribution in [0.15, 0.2) is 12.1 Å². The Morgan fingerprint density at radius 3 is 3.00 bits per heavy atom. The van der Waals surface area contributed by atoms with E-state index in [9.17, 15) is 14.5 Å². The Labute approximate surface area is 85.6 Å². The minimum Gasteiger partial charge on any atom is -0.381 e. The fourth-order valence-electron chi connectivity index (χ4n) is 1.63. The number of fused-ring (bicyclic) bond motifs is 1. The first-order valence-electron chi connectivity index (χ1n) is 4.52. The van der Waals surface area contributed by atoms with E-state index < -0.39 is 16.4 Å². The summed E-state index contributed by atoms with van der Waals surface area (Å²) < 4.78 is 13.3. The summed E-state index contributed by atoms with van der Waals surface area (Å²) in [6, 6.07) is 2.43. The Morgan fingerprint density at radius 2 is 2.33 bits per heavy atom. The van der Waals surface area contributed by atoms with Gasteiger partial charge in [-0.1, -0.05) is 0 Å². The van der Waals surface area contributed by atoms with Gasteiger partial charge in [-0.05, 0) is 0 Å². The van der Waals surface area contributed by atoms with E-state index in [1.165, 1.54) is 12.1 Å². The molecule has 6 heteroatoms. The standard InChI is InChI=1S/C9H10FN3O2/c1-12-3-2-11-7-5-8(13(14)15)6(10)4-9(7)12/h4-5,11H,2-3H2,1H3. The lowest BCUT2D eigenvalue weighted by Crippen LogP contribution is -2.30. The van der Waals surface area contributed by atoms with Crippen LogP contribution in [0, 0.1) is 15.9 Å². The molecule has 1 aliphatic rings. The maximum atomic E-state index is 13.3. The third-order valence-electron chi connectivity index (χ3n) is 2.44. The highest BCUT2D eigenvalue weighted by atomic mass is 19.1. The molecule has 0 radical (unpaired) electrons. The lowest BCUT2D eigenvalue weighted by Gasteiger charge is -2.28. The predicted octanol–water partition coefficient (Wildman–Crippen LogP) is 1.60.